The van der Waals surface area contributed by atoms with E-state index in [9.17, 15) is 19.2 Å². The molecule has 0 bridgehead atoms. The van der Waals surface area contributed by atoms with Crippen LogP contribution in [0.3, 0.4) is 0 Å². The maximum atomic E-state index is 12.9. The molecule has 2 aromatic carbocycles. The van der Waals surface area contributed by atoms with Gasteiger partial charge < -0.3 is 10.1 Å². The first kappa shape index (κ1) is 21.0. The summed E-state index contributed by atoms with van der Waals surface area (Å²) in [5.41, 5.74) is 2.57. The molecule has 156 valence electrons. The number of nitrogens with one attached hydrogen (secondary N) is 2. The van der Waals surface area contributed by atoms with Crippen molar-refractivity contribution in [2.45, 2.75) is 31.7 Å². The van der Waals surface area contributed by atoms with E-state index in [0.717, 1.165) is 5.56 Å². The highest BCUT2D eigenvalue weighted by Gasteiger charge is 2.52. The van der Waals surface area contributed by atoms with E-state index in [1.165, 1.54) is 0 Å². The molecule has 1 aliphatic heterocycles. The Labute approximate surface area is 174 Å². The van der Waals surface area contributed by atoms with Crippen LogP contribution < -0.4 is 10.7 Å². The van der Waals surface area contributed by atoms with Crippen molar-refractivity contribution in [3.63, 3.8) is 0 Å². The minimum Gasteiger partial charge on any atom is -0.455 e. The Morgan fingerprint density at radius 2 is 1.67 bits per heavy atom. The lowest BCUT2D eigenvalue weighted by Gasteiger charge is -2.25. The van der Waals surface area contributed by atoms with Gasteiger partial charge in [0.05, 0.1) is 0 Å². The normalized spacial score (nSPS) is 18.1. The molecular formula is C22H23N3O5. The van der Waals surface area contributed by atoms with Gasteiger partial charge in [0.25, 0.3) is 11.8 Å². The van der Waals surface area contributed by atoms with Gasteiger partial charge in [-0.3, -0.25) is 19.8 Å². The molecule has 1 heterocycles. The van der Waals surface area contributed by atoms with Crippen LogP contribution in [0.2, 0.25) is 0 Å². The van der Waals surface area contributed by atoms with Crippen LogP contribution >= 0.6 is 0 Å². The number of urea groups is 1. The molecule has 0 spiro atoms. The van der Waals surface area contributed by atoms with Crippen molar-refractivity contribution >= 4 is 23.8 Å². The van der Waals surface area contributed by atoms with E-state index in [-0.39, 0.29) is 6.42 Å². The van der Waals surface area contributed by atoms with Crippen molar-refractivity contribution in [1.29, 1.82) is 0 Å². The van der Waals surface area contributed by atoms with Crippen LogP contribution in [0.25, 0.3) is 0 Å². The van der Waals surface area contributed by atoms with E-state index >= 15 is 0 Å². The molecule has 8 heteroatoms. The Balaban J connectivity index is 1.54. The molecular weight excluding hydrogens is 386 g/mol. The lowest BCUT2D eigenvalue weighted by atomic mass is 9.87. The second-order valence-corrected chi connectivity index (χ2v) is 6.88. The maximum Gasteiger partial charge on any atom is 0.344 e. The Hall–Kier alpha value is -3.68. The van der Waals surface area contributed by atoms with Crippen LogP contribution in [0.15, 0.2) is 60.7 Å². The average molecular weight is 409 g/mol. The smallest absolute Gasteiger partial charge is 0.344 e. The quantitative estimate of drug-likeness (QED) is 0.513. The number of rotatable bonds is 8. The van der Waals surface area contributed by atoms with Gasteiger partial charge in [-0.1, -0.05) is 67.6 Å². The summed E-state index contributed by atoms with van der Waals surface area (Å²) in [6, 6.07) is 17.5. The van der Waals surface area contributed by atoms with E-state index in [0.29, 0.717) is 23.4 Å². The Morgan fingerprint density at radius 3 is 2.30 bits per heavy atom. The molecule has 8 nitrogen and oxygen atoms in total. The molecule has 0 radical (unpaired) electrons. The third kappa shape index (κ3) is 4.48. The van der Waals surface area contributed by atoms with Crippen LogP contribution in [0.4, 0.5) is 4.79 Å². The van der Waals surface area contributed by atoms with Crippen molar-refractivity contribution < 1.29 is 23.9 Å². The molecule has 0 aromatic heterocycles. The van der Waals surface area contributed by atoms with Gasteiger partial charge in [-0.15, -0.1) is 0 Å². The number of benzene rings is 2. The summed E-state index contributed by atoms with van der Waals surface area (Å²) in [4.78, 5) is 49.3. The zero-order valence-corrected chi connectivity index (χ0v) is 16.6. The number of nitrogens with zero attached hydrogens (tertiary/aromatic N) is 1. The first-order valence-corrected chi connectivity index (χ1v) is 9.67. The molecule has 0 aliphatic carbocycles. The van der Waals surface area contributed by atoms with E-state index in [1.54, 1.807) is 37.3 Å². The first-order valence-electron chi connectivity index (χ1n) is 9.67. The van der Waals surface area contributed by atoms with Crippen molar-refractivity contribution in [3.05, 3.63) is 71.8 Å². The SMILES string of the molecule is CC[C@]1(c2ccccc2)NC(=O)N(NC(=O)COC(=O)CCc2ccccc2)C1=O. The second-order valence-electron chi connectivity index (χ2n) is 6.88. The molecule has 1 saturated heterocycles. The molecule has 30 heavy (non-hydrogen) atoms. The standard InChI is InChI=1S/C22H23N3O5/c1-2-22(17-11-7-4-8-12-17)20(28)25(21(29)23-22)24-18(26)15-30-19(27)14-13-16-9-5-3-6-10-16/h3-12H,2,13-15H2,1H3,(H,23,29)(H,24,26)/t22-/m1/s1. The minimum absolute atomic E-state index is 0.118. The van der Waals surface area contributed by atoms with Crippen LogP contribution in [0.1, 0.15) is 30.9 Å². The fourth-order valence-electron chi connectivity index (χ4n) is 3.30. The van der Waals surface area contributed by atoms with Gasteiger partial charge in [0.15, 0.2) is 6.61 Å². The van der Waals surface area contributed by atoms with Crippen molar-refractivity contribution in [1.82, 2.24) is 15.8 Å². The van der Waals surface area contributed by atoms with Gasteiger partial charge >= 0.3 is 12.0 Å². The monoisotopic (exact) mass is 409 g/mol. The average Bonchev–Trinajstić information content (AvgIpc) is 3.02. The van der Waals surface area contributed by atoms with Crippen LogP contribution in [0.5, 0.6) is 0 Å². The van der Waals surface area contributed by atoms with E-state index in [4.69, 9.17) is 4.74 Å². The summed E-state index contributed by atoms with van der Waals surface area (Å²) < 4.78 is 4.95. The molecule has 2 aromatic rings. The van der Waals surface area contributed by atoms with Gasteiger partial charge in [-0.05, 0) is 24.0 Å². The Morgan fingerprint density at radius 1 is 1.03 bits per heavy atom. The van der Waals surface area contributed by atoms with Gasteiger partial charge in [0.1, 0.15) is 5.54 Å². The highest BCUT2D eigenvalue weighted by Crippen LogP contribution is 2.31. The number of hydrazine groups is 1. The first-order chi connectivity index (χ1) is 14.5. The summed E-state index contributed by atoms with van der Waals surface area (Å²) in [6.45, 7) is 1.18. The molecule has 0 unspecified atom stereocenters. The number of hydrogen-bond donors (Lipinski definition) is 2. The lowest BCUT2D eigenvalue weighted by Crippen LogP contribution is -2.49. The van der Waals surface area contributed by atoms with E-state index in [1.807, 2.05) is 30.3 Å². The van der Waals surface area contributed by atoms with Crippen LogP contribution in [0, 0.1) is 0 Å². The molecule has 3 rings (SSSR count). The van der Waals surface area contributed by atoms with Gasteiger partial charge in [0.2, 0.25) is 0 Å². The van der Waals surface area contributed by atoms with Crippen molar-refractivity contribution in [3.8, 4) is 0 Å². The van der Waals surface area contributed by atoms with E-state index in [2.05, 4.69) is 10.7 Å². The van der Waals surface area contributed by atoms with Gasteiger partial charge in [-0.25, -0.2) is 4.79 Å². The zero-order valence-electron chi connectivity index (χ0n) is 16.6. The number of hydrogen-bond acceptors (Lipinski definition) is 5. The minimum atomic E-state index is -1.25. The highest BCUT2D eigenvalue weighted by atomic mass is 16.5. The number of aryl methyl sites for hydroxylation is 1. The van der Waals surface area contributed by atoms with Crippen LogP contribution in [-0.2, 0) is 31.1 Å². The van der Waals surface area contributed by atoms with E-state index < -0.39 is 36.0 Å². The molecule has 0 saturated carbocycles. The summed E-state index contributed by atoms with van der Waals surface area (Å²) in [7, 11) is 0. The predicted octanol–water partition coefficient (Wildman–Crippen LogP) is 2.05. The number of carbonyl (C=O) groups excluding carboxylic acids is 4. The summed E-state index contributed by atoms with van der Waals surface area (Å²) in [5.74, 6) is -1.91. The molecule has 1 aliphatic rings. The Bertz CT molecular complexity index is 932. The number of carbonyl (C=O) groups is 4. The van der Waals surface area contributed by atoms with Gasteiger partial charge in [0, 0.05) is 6.42 Å². The third-order valence-corrected chi connectivity index (χ3v) is 4.95. The topological polar surface area (TPSA) is 105 Å². The Kier molecular flexibility index (Phi) is 6.46. The van der Waals surface area contributed by atoms with Crippen LogP contribution in [-0.4, -0.2) is 35.4 Å². The maximum absolute atomic E-state index is 12.9. The zero-order chi connectivity index (χ0) is 21.6. The summed E-state index contributed by atoms with van der Waals surface area (Å²) in [6.07, 6.45) is 0.917. The number of amides is 4. The highest BCUT2D eigenvalue weighted by molar-refractivity contribution is 6.08. The summed E-state index contributed by atoms with van der Waals surface area (Å²) in [5, 5.41) is 3.29. The largest absolute Gasteiger partial charge is 0.455 e. The molecule has 4 amide bonds. The molecule has 2 N–H and O–H groups in total. The fraction of sp³-hybridized carbons (Fsp3) is 0.273. The lowest BCUT2D eigenvalue weighted by molar-refractivity contribution is -0.150. The van der Waals surface area contributed by atoms with Gasteiger partial charge in [-0.2, -0.15) is 5.01 Å². The third-order valence-electron chi connectivity index (χ3n) is 4.95. The fourth-order valence-corrected chi connectivity index (χ4v) is 3.30. The van der Waals surface area contributed by atoms with Crippen molar-refractivity contribution in [2.75, 3.05) is 6.61 Å². The number of imide groups is 1. The molecule has 1 atom stereocenters. The van der Waals surface area contributed by atoms with Crippen molar-refractivity contribution in [2.24, 2.45) is 0 Å². The number of esters is 1. The second kappa shape index (κ2) is 9.21. The predicted molar refractivity (Wildman–Crippen MR) is 108 cm³/mol. The summed E-state index contributed by atoms with van der Waals surface area (Å²) >= 11 is 0. The number of ether oxygens (including phenoxy) is 1. The molecule has 1 fully saturated rings.